The summed E-state index contributed by atoms with van der Waals surface area (Å²) in [4.78, 5) is 13.1. The third-order valence-corrected chi connectivity index (χ3v) is 4.89. The molecule has 0 aliphatic carbocycles. The number of ether oxygens (including phenoxy) is 1. The van der Waals surface area contributed by atoms with E-state index in [9.17, 15) is 9.18 Å². The maximum absolute atomic E-state index is 14.5. The third-order valence-electron chi connectivity index (χ3n) is 3.89. The molecule has 2 aromatic rings. The van der Waals surface area contributed by atoms with Gasteiger partial charge in [-0.2, -0.15) is 0 Å². The summed E-state index contributed by atoms with van der Waals surface area (Å²) in [5.41, 5.74) is 1.92. The molecule has 0 fully saturated rings. The van der Waals surface area contributed by atoms with E-state index in [1.807, 2.05) is 30.3 Å². The highest BCUT2D eigenvalue weighted by molar-refractivity contribution is 8.00. The van der Waals surface area contributed by atoms with Crippen LogP contribution in [0.3, 0.4) is 0 Å². The fourth-order valence-corrected chi connectivity index (χ4v) is 3.40. The van der Waals surface area contributed by atoms with Crippen molar-refractivity contribution in [2.75, 3.05) is 24.7 Å². The molecule has 1 aliphatic heterocycles. The zero-order chi connectivity index (χ0) is 16.9. The number of amides is 1. The van der Waals surface area contributed by atoms with Crippen LogP contribution in [0.15, 0.2) is 41.3 Å². The smallest absolute Gasteiger partial charge is 0.234 e. The average molecular weight is 383 g/mol. The molecule has 0 saturated carbocycles. The first kappa shape index (κ1) is 19.6. The van der Waals surface area contributed by atoms with Gasteiger partial charge in [-0.05, 0) is 48.4 Å². The molecule has 4 nitrogen and oxygen atoms in total. The minimum Gasteiger partial charge on any atom is -0.497 e. The Kier molecular flexibility index (Phi) is 7.11. The molecule has 0 saturated heterocycles. The number of benzene rings is 2. The fourth-order valence-electron chi connectivity index (χ4n) is 2.66. The summed E-state index contributed by atoms with van der Waals surface area (Å²) in [6.07, 6.45) is 0.642. The molecule has 7 heteroatoms. The predicted octanol–water partition coefficient (Wildman–Crippen LogP) is 3.63. The Hall–Kier alpha value is -1.76. The van der Waals surface area contributed by atoms with E-state index in [-0.39, 0.29) is 35.6 Å². The minimum absolute atomic E-state index is 0. The Balaban J connectivity index is 0.00000225. The SMILES string of the molecule is COc1cccc(SCC(=O)Nc2ccc3c(c2F)CCNC3)c1.Cl. The highest BCUT2D eigenvalue weighted by Crippen LogP contribution is 2.26. The maximum atomic E-state index is 14.5. The average Bonchev–Trinajstić information content (AvgIpc) is 2.63. The number of halogens is 2. The predicted molar refractivity (Wildman–Crippen MR) is 101 cm³/mol. The van der Waals surface area contributed by atoms with E-state index >= 15 is 0 Å². The van der Waals surface area contributed by atoms with Crippen molar-refractivity contribution in [3.63, 3.8) is 0 Å². The van der Waals surface area contributed by atoms with Gasteiger partial charge < -0.3 is 15.4 Å². The van der Waals surface area contributed by atoms with Crippen molar-refractivity contribution in [3.8, 4) is 5.75 Å². The molecule has 0 bridgehead atoms. The van der Waals surface area contributed by atoms with E-state index in [0.29, 0.717) is 18.5 Å². The minimum atomic E-state index is -0.311. The van der Waals surface area contributed by atoms with Crippen molar-refractivity contribution in [2.24, 2.45) is 0 Å². The number of hydrogen-bond donors (Lipinski definition) is 2. The number of fused-ring (bicyclic) bond motifs is 1. The van der Waals surface area contributed by atoms with Gasteiger partial charge in [-0.1, -0.05) is 12.1 Å². The summed E-state index contributed by atoms with van der Waals surface area (Å²) in [7, 11) is 1.60. The summed E-state index contributed by atoms with van der Waals surface area (Å²) in [6, 6.07) is 11.0. The molecule has 0 spiro atoms. The number of hydrogen-bond acceptors (Lipinski definition) is 4. The molecular formula is C18H20ClFN2O2S. The van der Waals surface area contributed by atoms with Gasteiger partial charge in [-0.15, -0.1) is 24.2 Å². The largest absolute Gasteiger partial charge is 0.497 e. The number of nitrogens with one attached hydrogen (secondary N) is 2. The van der Waals surface area contributed by atoms with E-state index in [2.05, 4.69) is 10.6 Å². The second kappa shape index (κ2) is 9.08. The molecule has 0 atom stereocenters. The van der Waals surface area contributed by atoms with Gasteiger partial charge in [-0.3, -0.25) is 4.79 Å². The zero-order valence-electron chi connectivity index (χ0n) is 13.8. The molecule has 2 aromatic carbocycles. The molecule has 0 unspecified atom stereocenters. The number of carbonyl (C=O) groups excluding carboxylic acids is 1. The van der Waals surface area contributed by atoms with Crippen LogP contribution in [0.1, 0.15) is 11.1 Å². The van der Waals surface area contributed by atoms with Crippen molar-refractivity contribution in [2.45, 2.75) is 17.9 Å². The van der Waals surface area contributed by atoms with Crippen LogP contribution in [-0.2, 0) is 17.8 Å². The van der Waals surface area contributed by atoms with Crippen LogP contribution in [0.25, 0.3) is 0 Å². The number of anilines is 1. The number of carbonyl (C=O) groups is 1. The van der Waals surface area contributed by atoms with Crippen LogP contribution in [0.4, 0.5) is 10.1 Å². The van der Waals surface area contributed by atoms with E-state index in [1.165, 1.54) is 11.8 Å². The molecule has 0 aromatic heterocycles. The highest BCUT2D eigenvalue weighted by Gasteiger charge is 2.17. The molecule has 25 heavy (non-hydrogen) atoms. The van der Waals surface area contributed by atoms with Crippen molar-refractivity contribution < 1.29 is 13.9 Å². The van der Waals surface area contributed by atoms with E-state index < -0.39 is 0 Å². The summed E-state index contributed by atoms with van der Waals surface area (Å²) in [5, 5.41) is 5.88. The van der Waals surface area contributed by atoms with Crippen LogP contribution < -0.4 is 15.4 Å². The van der Waals surface area contributed by atoms with Crippen LogP contribution in [0, 0.1) is 5.82 Å². The summed E-state index contributed by atoms with van der Waals surface area (Å²) in [5.74, 6) is 0.421. The number of methoxy groups -OCH3 is 1. The topological polar surface area (TPSA) is 50.4 Å². The van der Waals surface area contributed by atoms with Crippen LogP contribution in [0.2, 0.25) is 0 Å². The summed E-state index contributed by atoms with van der Waals surface area (Å²) in [6.45, 7) is 1.43. The Morgan fingerprint density at radius 1 is 1.36 bits per heavy atom. The van der Waals surface area contributed by atoms with Gasteiger partial charge in [0.2, 0.25) is 5.91 Å². The van der Waals surface area contributed by atoms with Crippen molar-refractivity contribution in [1.82, 2.24) is 5.32 Å². The lowest BCUT2D eigenvalue weighted by atomic mass is 9.99. The molecular weight excluding hydrogens is 363 g/mol. The molecule has 134 valence electrons. The monoisotopic (exact) mass is 382 g/mol. The van der Waals surface area contributed by atoms with Gasteiger partial charge in [0.15, 0.2) is 0 Å². The first-order valence-electron chi connectivity index (χ1n) is 7.75. The van der Waals surface area contributed by atoms with Crippen LogP contribution in [0.5, 0.6) is 5.75 Å². The normalized spacial score (nSPS) is 12.7. The van der Waals surface area contributed by atoms with Gasteiger partial charge in [0.05, 0.1) is 18.6 Å². The van der Waals surface area contributed by atoms with Crippen molar-refractivity contribution in [3.05, 3.63) is 53.3 Å². The van der Waals surface area contributed by atoms with E-state index in [4.69, 9.17) is 4.74 Å². The quantitative estimate of drug-likeness (QED) is 0.775. The standard InChI is InChI=1S/C18H19FN2O2S.ClH/c1-23-13-3-2-4-14(9-13)24-11-17(22)21-16-6-5-12-10-20-8-7-15(12)18(16)19;/h2-6,9,20H,7-8,10-11H2,1H3,(H,21,22);1H. The van der Waals surface area contributed by atoms with Gasteiger partial charge in [-0.25, -0.2) is 4.39 Å². The molecule has 1 aliphatic rings. The molecule has 3 rings (SSSR count). The Morgan fingerprint density at radius 2 is 2.20 bits per heavy atom. The van der Waals surface area contributed by atoms with Gasteiger partial charge in [0.25, 0.3) is 0 Å². The van der Waals surface area contributed by atoms with Gasteiger partial charge in [0.1, 0.15) is 11.6 Å². The van der Waals surface area contributed by atoms with Crippen LogP contribution >= 0.6 is 24.2 Å². The summed E-state index contributed by atoms with van der Waals surface area (Å²) < 4.78 is 19.7. The lowest BCUT2D eigenvalue weighted by Crippen LogP contribution is -2.25. The number of thioether (sulfide) groups is 1. The summed E-state index contributed by atoms with van der Waals surface area (Å²) >= 11 is 1.39. The highest BCUT2D eigenvalue weighted by atomic mass is 35.5. The Labute approximate surface area is 156 Å². The Bertz CT molecular complexity index is 758. The second-order valence-corrected chi connectivity index (χ2v) is 6.56. The van der Waals surface area contributed by atoms with Gasteiger partial charge >= 0.3 is 0 Å². The first-order chi connectivity index (χ1) is 11.7. The van der Waals surface area contributed by atoms with E-state index in [1.54, 1.807) is 13.2 Å². The van der Waals surface area contributed by atoms with Crippen LogP contribution in [-0.4, -0.2) is 25.3 Å². The van der Waals surface area contributed by atoms with E-state index in [0.717, 1.165) is 22.8 Å². The van der Waals surface area contributed by atoms with Crippen molar-refractivity contribution in [1.29, 1.82) is 0 Å². The third kappa shape index (κ3) is 4.87. The Morgan fingerprint density at radius 3 is 3.00 bits per heavy atom. The fraction of sp³-hybridized carbons (Fsp3) is 0.278. The molecule has 1 amide bonds. The first-order valence-corrected chi connectivity index (χ1v) is 8.73. The lowest BCUT2D eigenvalue weighted by molar-refractivity contribution is -0.113. The maximum Gasteiger partial charge on any atom is 0.234 e. The molecule has 0 radical (unpaired) electrons. The number of rotatable bonds is 5. The molecule has 2 N–H and O–H groups in total. The van der Waals surface area contributed by atoms with Crippen molar-refractivity contribution >= 4 is 35.8 Å². The molecule has 1 heterocycles. The van der Waals surface area contributed by atoms with Gasteiger partial charge in [0, 0.05) is 11.4 Å². The lowest BCUT2D eigenvalue weighted by Gasteiger charge is -2.19. The zero-order valence-corrected chi connectivity index (χ0v) is 15.4. The second-order valence-electron chi connectivity index (χ2n) is 5.51.